The van der Waals surface area contributed by atoms with E-state index in [1.54, 1.807) is 0 Å². The Morgan fingerprint density at radius 3 is 2.94 bits per heavy atom. The fraction of sp³-hybridized carbons (Fsp3) is 0.565. The standard InChI is InChI=1S/C23H26N6O2S/c1-15-13-30-11-9-28(15)18-12-16(23(14-24)6-7-23)22-21(26-18)20(27-32-22)17-5-8-25-29(17)19-4-2-3-10-31-19/h5,8,12,15,19H,2-4,6-7,9-11,13H2,1H3/t15-,19?/m1/s1. The van der Waals surface area contributed by atoms with Gasteiger partial charge in [-0.1, -0.05) is 0 Å². The molecule has 1 saturated carbocycles. The van der Waals surface area contributed by atoms with Gasteiger partial charge >= 0.3 is 0 Å². The van der Waals surface area contributed by atoms with Crippen LogP contribution in [-0.4, -0.2) is 51.5 Å². The Balaban J connectivity index is 1.51. The molecule has 6 rings (SSSR count). The first-order valence-corrected chi connectivity index (χ1v) is 12.2. The highest BCUT2D eigenvalue weighted by atomic mass is 32.1. The van der Waals surface area contributed by atoms with Crippen LogP contribution in [0.1, 0.15) is 50.8 Å². The van der Waals surface area contributed by atoms with Crippen molar-refractivity contribution >= 4 is 27.6 Å². The number of anilines is 1. The Labute approximate surface area is 190 Å². The summed E-state index contributed by atoms with van der Waals surface area (Å²) in [6, 6.07) is 6.94. The molecular formula is C23H26N6O2S. The van der Waals surface area contributed by atoms with Crippen LogP contribution in [0.2, 0.25) is 0 Å². The van der Waals surface area contributed by atoms with Crippen LogP contribution in [0.4, 0.5) is 5.82 Å². The number of aromatic nitrogens is 4. The van der Waals surface area contributed by atoms with E-state index in [4.69, 9.17) is 18.8 Å². The van der Waals surface area contributed by atoms with Crippen molar-refractivity contribution in [2.45, 2.75) is 56.7 Å². The Kier molecular flexibility index (Phi) is 4.90. The maximum atomic E-state index is 9.98. The Morgan fingerprint density at radius 2 is 2.19 bits per heavy atom. The molecule has 0 radical (unpaired) electrons. The zero-order chi connectivity index (χ0) is 21.7. The summed E-state index contributed by atoms with van der Waals surface area (Å²) in [4.78, 5) is 7.41. The molecule has 0 N–H and O–H groups in total. The van der Waals surface area contributed by atoms with Gasteiger partial charge in [0, 0.05) is 19.3 Å². The molecule has 3 aromatic rings. The van der Waals surface area contributed by atoms with E-state index in [0.717, 1.165) is 78.2 Å². The molecule has 8 nitrogen and oxygen atoms in total. The minimum Gasteiger partial charge on any atom is -0.377 e. The second-order valence-corrected chi connectivity index (χ2v) is 9.80. The summed E-state index contributed by atoms with van der Waals surface area (Å²) in [6.45, 7) is 5.07. The van der Waals surface area contributed by atoms with Crippen molar-refractivity contribution in [3.05, 3.63) is 23.9 Å². The molecule has 2 aliphatic heterocycles. The lowest BCUT2D eigenvalue weighted by Crippen LogP contribution is -2.44. The van der Waals surface area contributed by atoms with Crippen LogP contribution >= 0.6 is 11.5 Å². The monoisotopic (exact) mass is 450 g/mol. The molecule has 1 aliphatic carbocycles. The second-order valence-electron chi connectivity index (χ2n) is 9.03. The smallest absolute Gasteiger partial charge is 0.150 e. The number of rotatable bonds is 4. The molecule has 2 saturated heterocycles. The second kappa shape index (κ2) is 7.80. The predicted molar refractivity (Wildman–Crippen MR) is 122 cm³/mol. The minimum absolute atomic E-state index is 0.0682. The van der Waals surface area contributed by atoms with Gasteiger partial charge in [0.05, 0.1) is 41.1 Å². The zero-order valence-electron chi connectivity index (χ0n) is 18.2. The summed E-state index contributed by atoms with van der Waals surface area (Å²) in [5.41, 5.74) is 3.27. The van der Waals surface area contributed by atoms with E-state index in [9.17, 15) is 5.26 Å². The van der Waals surface area contributed by atoms with E-state index in [1.807, 2.05) is 16.9 Å². The van der Waals surface area contributed by atoms with E-state index >= 15 is 0 Å². The Hall–Kier alpha value is -2.54. The summed E-state index contributed by atoms with van der Waals surface area (Å²) in [5.74, 6) is 0.909. The average Bonchev–Trinajstić information content (AvgIpc) is 3.28. The topological polar surface area (TPSA) is 89.1 Å². The Bertz CT molecular complexity index is 1190. The summed E-state index contributed by atoms with van der Waals surface area (Å²) < 4.78 is 19.5. The average molecular weight is 451 g/mol. The molecule has 5 heterocycles. The number of hydrogen-bond donors (Lipinski definition) is 0. The van der Waals surface area contributed by atoms with Gasteiger partial charge in [0.25, 0.3) is 0 Å². The van der Waals surface area contributed by atoms with Gasteiger partial charge in [-0.05, 0) is 68.3 Å². The lowest BCUT2D eigenvalue weighted by atomic mass is 9.97. The molecule has 0 amide bonds. The number of hydrogen-bond acceptors (Lipinski definition) is 8. The van der Waals surface area contributed by atoms with Crippen molar-refractivity contribution < 1.29 is 9.47 Å². The van der Waals surface area contributed by atoms with Crippen LogP contribution < -0.4 is 4.90 Å². The largest absolute Gasteiger partial charge is 0.377 e. The number of morpholine rings is 1. The van der Waals surface area contributed by atoms with Gasteiger partial charge in [0.1, 0.15) is 17.0 Å². The third-order valence-corrected chi connectivity index (χ3v) is 7.76. The van der Waals surface area contributed by atoms with Crippen molar-refractivity contribution in [3.63, 3.8) is 0 Å². The molecule has 1 unspecified atom stereocenters. The molecule has 3 aliphatic rings. The molecule has 32 heavy (non-hydrogen) atoms. The summed E-state index contributed by atoms with van der Waals surface area (Å²) >= 11 is 1.44. The number of pyridine rings is 1. The zero-order valence-corrected chi connectivity index (χ0v) is 19.0. The molecule has 0 aromatic carbocycles. The van der Waals surface area contributed by atoms with Gasteiger partial charge in [-0.25, -0.2) is 9.67 Å². The van der Waals surface area contributed by atoms with Gasteiger partial charge in [0.15, 0.2) is 6.23 Å². The lowest BCUT2D eigenvalue weighted by Gasteiger charge is -2.34. The van der Waals surface area contributed by atoms with E-state index in [2.05, 4.69) is 29.1 Å². The minimum atomic E-state index is -0.415. The van der Waals surface area contributed by atoms with Gasteiger partial charge in [-0.15, -0.1) is 0 Å². The van der Waals surface area contributed by atoms with E-state index < -0.39 is 5.41 Å². The van der Waals surface area contributed by atoms with Gasteiger partial charge in [-0.2, -0.15) is 14.7 Å². The predicted octanol–water partition coefficient (Wildman–Crippen LogP) is 4.03. The molecule has 0 bridgehead atoms. The normalized spacial score (nSPS) is 25.1. The van der Waals surface area contributed by atoms with Crippen LogP contribution in [0.3, 0.4) is 0 Å². The highest BCUT2D eigenvalue weighted by Crippen LogP contribution is 2.52. The number of nitriles is 1. The van der Waals surface area contributed by atoms with Gasteiger partial charge < -0.3 is 14.4 Å². The Morgan fingerprint density at radius 1 is 1.28 bits per heavy atom. The molecule has 9 heteroatoms. The number of ether oxygens (including phenoxy) is 2. The maximum absolute atomic E-state index is 9.98. The summed E-state index contributed by atoms with van der Waals surface area (Å²) in [6.07, 6.45) is 6.70. The molecular weight excluding hydrogens is 424 g/mol. The fourth-order valence-electron chi connectivity index (χ4n) is 4.86. The molecule has 3 fully saturated rings. The van der Waals surface area contributed by atoms with Crippen LogP contribution in [0.25, 0.3) is 21.6 Å². The van der Waals surface area contributed by atoms with Crippen molar-refractivity contribution in [2.75, 3.05) is 31.3 Å². The molecule has 0 spiro atoms. The third-order valence-electron chi connectivity index (χ3n) is 6.89. The summed E-state index contributed by atoms with van der Waals surface area (Å²) in [5, 5.41) is 14.6. The van der Waals surface area contributed by atoms with Crippen molar-refractivity contribution in [2.24, 2.45) is 0 Å². The SMILES string of the molecule is C[C@@H]1COCCN1c1cc(C2(C#N)CC2)c2snc(-c3ccnn3C3CCCCO3)c2n1. The van der Waals surface area contributed by atoms with E-state index in [1.165, 1.54) is 11.5 Å². The first kappa shape index (κ1) is 20.1. The fourth-order valence-corrected chi connectivity index (χ4v) is 5.80. The highest BCUT2D eigenvalue weighted by Gasteiger charge is 2.47. The first-order chi connectivity index (χ1) is 15.7. The first-order valence-electron chi connectivity index (χ1n) is 11.4. The molecule has 166 valence electrons. The summed E-state index contributed by atoms with van der Waals surface area (Å²) in [7, 11) is 0. The van der Waals surface area contributed by atoms with Crippen LogP contribution in [0.5, 0.6) is 0 Å². The van der Waals surface area contributed by atoms with Crippen LogP contribution in [0, 0.1) is 11.3 Å². The van der Waals surface area contributed by atoms with Crippen LogP contribution in [0.15, 0.2) is 18.3 Å². The van der Waals surface area contributed by atoms with Crippen LogP contribution in [-0.2, 0) is 14.9 Å². The molecule has 2 atom stereocenters. The highest BCUT2D eigenvalue weighted by molar-refractivity contribution is 7.13. The maximum Gasteiger partial charge on any atom is 0.150 e. The third kappa shape index (κ3) is 3.20. The van der Waals surface area contributed by atoms with E-state index in [-0.39, 0.29) is 12.3 Å². The quantitative estimate of drug-likeness (QED) is 0.593. The van der Waals surface area contributed by atoms with Crippen molar-refractivity contribution in [1.29, 1.82) is 5.26 Å². The van der Waals surface area contributed by atoms with E-state index in [0.29, 0.717) is 13.2 Å². The lowest BCUT2D eigenvalue weighted by molar-refractivity contribution is -0.0383. The van der Waals surface area contributed by atoms with Crippen molar-refractivity contribution in [3.8, 4) is 17.5 Å². The number of nitrogens with zero attached hydrogens (tertiary/aromatic N) is 6. The van der Waals surface area contributed by atoms with Gasteiger partial charge in [-0.3, -0.25) is 0 Å². The molecule has 3 aromatic heterocycles. The van der Waals surface area contributed by atoms with Crippen molar-refractivity contribution in [1.82, 2.24) is 19.1 Å². The van der Waals surface area contributed by atoms with Gasteiger partial charge in [0.2, 0.25) is 0 Å². The number of fused-ring (bicyclic) bond motifs is 1.